The number of H-pyrrole nitrogens is 1. The maximum atomic E-state index is 12.0. The molecule has 0 aliphatic carbocycles. The zero-order chi connectivity index (χ0) is 12.8. The number of para-hydroxylation sites is 1. The van der Waals surface area contributed by atoms with E-state index in [-0.39, 0.29) is 5.91 Å². The Morgan fingerprint density at radius 1 is 1.44 bits per heavy atom. The van der Waals surface area contributed by atoms with E-state index in [2.05, 4.69) is 15.3 Å². The molecule has 1 aromatic carbocycles. The Kier molecular flexibility index (Phi) is 3.96. The lowest BCUT2D eigenvalue weighted by atomic mass is 10.2. The Labute approximate surface area is 105 Å². The molecule has 2 rings (SSSR count). The van der Waals surface area contributed by atoms with Gasteiger partial charge in [0.05, 0.1) is 18.7 Å². The number of aromatic nitrogens is 2. The molecular formula is C13H15N3O2. The first-order valence-electron chi connectivity index (χ1n) is 5.79. The number of amides is 1. The van der Waals surface area contributed by atoms with Crippen molar-refractivity contribution in [3.63, 3.8) is 0 Å². The SMILES string of the molecule is CCOc1ccccc1C(=O)NCc1ncc[nH]1. The molecule has 5 nitrogen and oxygen atoms in total. The van der Waals surface area contributed by atoms with E-state index < -0.39 is 0 Å². The highest BCUT2D eigenvalue weighted by Gasteiger charge is 2.11. The number of nitrogens with one attached hydrogen (secondary N) is 2. The number of carbonyl (C=O) groups is 1. The number of aromatic amines is 1. The standard InChI is InChI=1S/C13H15N3O2/c1-2-18-11-6-4-3-5-10(11)13(17)16-9-12-14-7-8-15-12/h3-8H,2,9H2,1H3,(H,14,15)(H,16,17). The Hall–Kier alpha value is -2.30. The maximum Gasteiger partial charge on any atom is 0.255 e. The quantitative estimate of drug-likeness (QED) is 0.843. The van der Waals surface area contributed by atoms with Crippen molar-refractivity contribution in [3.8, 4) is 5.75 Å². The van der Waals surface area contributed by atoms with Crippen LogP contribution in [0.2, 0.25) is 0 Å². The van der Waals surface area contributed by atoms with E-state index in [0.717, 1.165) is 5.82 Å². The van der Waals surface area contributed by atoms with Crippen molar-refractivity contribution in [1.29, 1.82) is 0 Å². The van der Waals surface area contributed by atoms with E-state index >= 15 is 0 Å². The minimum Gasteiger partial charge on any atom is -0.493 e. The molecule has 1 heterocycles. The second-order valence-electron chi connectivity index (χ2n) is 3.65. The predicted molar refractivity (Wildman–Crippen MR) is 67.4 cm³/mol. The Morgan fingerprint density at radius 3 is 3.00 bits per heavy atom. The summed E-state index contributed by atoms with van der Waals surface area (Å²) in [6.45, 7) is 2.78. The van der Waals surface area contributed by atoms with Crippen LogP contribution < -0.4 is 10.1 Å². The van der Waals surface area contributed by atoms with Gasteiger partial charge in [0.2, 0.25) is 0 Å². The van der Waals surface area contributed by atoms with Gasteiger partial charge in [0, 0.05) is 12.4 Å². The van der Waals surface area contributed by atoms with Gasteiger partial charge >= 0.3 is 0 Å². The number of hydrogen-bond donors (Lipinski definition) is 2. The summed E-state index contributed by atoms with van der Waals surface area (Å²) in [5, 5.41) is 2.79. The Balaban J connectivity index is 2.04. The van der Waals surface area contributed by atoms with Crippen molar-refractivity contribution in [2.45, 2.75) is 13.5 Å². The fraction of sp³-hybridized carbons (Fsp3) is 0.231. The summed E-state index contributed by atoms with van der Waals surface area (Å²) in [4.78, 5) is 19.0. The number of nitrogens with zero attached hydrogens (tertiary/aromatic N) is 1. The monoisotopic (exact) mass is 245 g/mol. The fourth-order valence-electron chi connectivity index (χ4n) is 1.59. The molecule has 5 heteroatoms. The van der Waals surface area contributed by atoms with Crippen LogP contribution in [0.1, 0.15) is 23.1 Å². The molecule has 2 aromatic rings. The second-order valence-corrected chi connectivity index (χ2v) is 3.65. The fourth-order valence-corrected chi connectivity index (χ4v) is 1.59. The number of hydrogen-bond acceptors (Lipinski definition) is 3. The third-order valence-electron chi connectivity index (χ3n) is 2.40. The highest BCUT2D eigenvalue weighted by molar-refractivity contribution is 5.96. The normalized spacial score (nSPS) is 10.1. The highest BCUT2D eigenvalue weighted by Crippen LogP contribution is 2.17. The van der Waals surface area contributed by atoms with Crippen LogP contribution in [-0.4, -0.2) is 22.5 Å². The van der Waals surface area contributed by atoms with Crippen molar-refractivity contribution in [1.82, 2.24) is 15.3 Å². The van der Waals surface area contributed by atoms with E-state index in [9.17, 15) is 4.79 Å². The number of imidazole rings is 1. The molecule has 0 aliphatic heterocycles. The molecule has 0 unspecified atom stereocenters. The molecule has 1 aromatic heterocycles. The molecule has 0 fully saturated rings. The highest BCUT2D eigenvalue weighted by atomic mass is 16.5. The molecule has 0 saturated heterocycles. The summed E-state index contributed by atoms with van der Waals surface area (Å²) in [6.07, 6.45) is 3.37. The van der Waals surface area contributed by atoms with Crippen LogP contribution in [0.3, 0.4) is 0 Å². The van der Waals surface area contributed by atoms with Crippen molar-refractivity contribution >= 4 is 5.91 Å². The molecule has 18 heavy (non-hydrogen) atoms. The molecule has 1 amide bonds. The second kappa shape index (κ2) is 5.86. The minimum atomic E-state index is -0.171. The first-order chi connectivity index (χ1) is 8.81. The van der Waals surface area contributed by atoms with Gasteiger partial charge in [-0.1, -0.05) is 12.1 Å². The largest absolute Gasteiger partial charge is 0.493 e. The summed E-state index contributed by atoms with van der Waals surface area (Å²) < 4.78 is 5.41. The lowest BCUT2D eigenvalue weighted by molar-refractivity contribution is 0.0946. The van der Waals surface area contributed by atoms with Crippen LogP contribution in [0.5, 0.6) is 5.75 Å². The zero-order valence-electron chi connectivity index (χ0n) is 10.1. The van der Waals surface area contributed by atoms with Crippen molar-refractivity contribution in [2.24, 2.45) is 0 Å². The first-order valence-corrected chi connectivity index (χ1v) is 5.79. The average Bonchev–Trinajstić information content (AvgIpc) is 2.90. The molecule has 2 N–H and O–H groups in total. The first kappa shape index (κ1) is 12.2. The molecule has 0 aliphatic rings. The van der Waals surface area contributed by atoms with Crippen LogP contribution in [0.15, 0.2) is 36.7 Å². The number of ether oxygens (including phenoxy) is 1. The van der Waals surface area contributed by atoms with E-state index in [0.29, 0.717) is 24.5 Å². The van der Waals surface area contributed by atoms with Gasteiger partial charge in [0.25, 0.3) is 5.91 Å². The van der Waals surface area contributed by atoms with Gasteiger partial charge in [-0.05, 0) is 19.1 Å². The molecule has 0 atom stereocenters. The van der Waals surface area contributed by atoms with E-state index in [1.54, 1.807) is 24.5 Å². The average molecular weight is 245 g/mol. The lowest BCUT2D eigenvalue weighted by Crippen LogP contribution is -2.24. The Morgan fingerprint density at radius 2 is 2.28 bits per heavy atom. The van der Waals surface area contributed by atoms with E-state index in [1.165, 1.54) is 0 Å². The zero-order valence-corrected chi connectivity index (χ0v) is 10.1. The minimum absolute atomic E-state index is 0.171. The maximum absolute atomic E-state index is 12.0. The number of benzene rings is 1. The van der Waals surface area contributed by atoms with Gasteiger partial charge in [-0.2, -0.15) is 0 Å². The number of carbonyl (C=O) groups excluding carboxylic acids is 1. The van der Waals surface area contributed by atoms with Gasteiger partial charge in [-0.3, -0.25) is 4.79 Å². The summed E-state index contributed by atoms with van der Waals surface area (Å²) >= 11 is 0. The van der Waals surface area contributed by atoms with Crippen LogP contribution in [0.4, 0.5) is 0 Å². The summed E-state index contributed by atoms with van der Waals surface area (Å²) in [5.74, 6) is 1.14. The third kappa shape index (κ3) is 2.88. The van der Waals surface area contributed by atoms with Crippen molar-refractivity contribution in [2.75, 3.05) is 6.61 Å². The van der Waals surface area contributed by atoms with E-state index in [1.807, 2.05) is 19.1 Å². The summed E-state index contributed by atoms with van der Waals surface area (Å²) in [7, 11) is 0. The molecule has 94 valence electrons. The van der Waals surface area contributed by atoms with Crippen molar-refractivity contribution < 1.29 is 9.53 Å². The van der Waals surface area contributed by atoms with Gasteiger partial charge in [-0.15, -0.1) is 0 Å². The molecule has 0 radical (unpaired) electrons. The predicted octanol–water partition coefficient (Wildman–Crippen LogP) is 1.74. The summed E-state index contributed by atoms with van der Waals surface area (Å²) in [5.41, 5.74) is 0.533. The van der Waals surface area contributed by atoms with E-state index in [4.69, 9.17) is 4.74 Å². The molecule has 0 bridgehead atoms. The Bertz CT molecular complexity index is 509. The molecular weight excluding hydrogens is 230 g/mol. The van der Waals surface area contributed by atoms with Crippen LogP contribution >= 0.6 is 0 Å². The molecule has 0 spiro atoms. The smallest absolute Gasteiger partial charge is 0.255 e. The van der Waals surface area contributed by atoms with Gasteiger partial charge < -0.3 is 15.0 Å². The van der Waals surface area contributed by atoms with Gasteiger partial charge in [-0.25, -0.2) is 4.98 Å². The van der Waals surface area contributed by atoms with Crippen LogP contribution in [-0.2, 0) is 6.54 Å². The van der Waals surface area contributed by atoms with Crippen LogP contribution in [0, 0.1) is 0 Å². The lowest BCUT2D eigenvalue weighted by Gasteiger charge is -2.09. The van der Waals surface area contributed by atoms with Gasteiger partial charge in [0.1, 0.15) is 11.6 Å². The number of rotatable bonds is 5. The van der Waals surface area contributed by atoms with Gasteiger partial charge in [0.15, 0.2) is 0 Å². The summed E-state index contributed by atoms with van der Waals surface area (Å²) in [6, 6.07) is 7.17. The van der Waals surface area contributed by atoms with Crippen molar-refractivity contribution in [3.05, 3.63) is 48.0 Å². The van der Waals surface area contributed by atoms with Crippen LogP contribution in [0.25, 0.3) is 0 Å². The topological polar surface area (TPSA) is 67.0 Å². The molecule has 0 saturated carbocycles. The third-order valence-corrected chi connectivity index (χ3v) is 2.40.